The van der Waals surface area contributed by atoms with Gasteiger partial charge in [0.25, 0.3) is 5.69 Å². The number of aryl methyl sites for hydroxylation is 1. The van der Waals surface area contributed by atoms with Gasteiger partial charge in [-0.1, -0.05) is 0 Å². The van der Waals surface area contributed by atoms with Crippen molar-refractivity contribution in [2.45, 2.75) is 6.92 Å². The van der Waals surface area contributed by atoms with E-state index in [4.69, 9.17) is 23.2 Å². The lowest BCUT2D eigenvalue weighted by atomic mass is 10.1. The summed E-state index contributed by atoms with van der Waals surface area (Å²) in [5.74, 6) is 0.986. The Bertz CT molecular complexity index is 393. The molecule has 0 amide bonds. The van der Waals surface area contributed by atoms with Crippen LogP contribution in [0.3, 0.4) is 0 Å². The highest BCUT2D eigenvalue weighted by molar-refractivity contribution is 6.18. The van der Waals surface area contributed by atoms with Crippen molar-refractivity contribution in [3.8, 4) is 0 Å². The standard InChI is InChI=1S/C11H14Cl2N2O2/c1-9-8-10(2-3-11(9)15(16)17)14(6-4-12)7-5-13/h2-3,8H,4-7H2,1H3. The average molecular weight is 277 g/mol. The maximum absolute atomic E-state index is 10.7. The van der Waals surface area contributed by atoms with E-state index < -0.39 is 0 Å². The first kappa shape index (κ1) is 14.1. The smallest absolute Gasteiger partial charge is 0.272 e. The number of halogens is 2. The highest BCUT2D eigenvalue weighted by Crippen LogP contribution is 2.24. The zero-order valence-corrected chi connectivity index (χ0v) is 11.0. The topological polar surface area (TPSA) is 46.4 Å². The first-order valence-corrected chi connectivity index (χ1v) is 6.29. The summed E-state index contributed by atoms with van der Waals surface area (Å²) in [6.45, 7) is 3.07. The molecule has 0 aliphatic carbocycles. The van der Waals surface area contributed by atoms with Crippen LogP contribution in [0, 0.1) is 17.0 Å². The molecule has 1 rings (SSSR count). The third-order valence-electron chi connectivity index (χ3n) is 2.45. The first-order valence-electron chi connectivity index (χ1n) is 5.22. The number of anilines is 1. The number of nitro benzene ring substituents is 1. The second-order valence-electron chi connectivity index (χ2n) is 3.59. The van der Waals surface area contributed by atoms with Crippen molar-refractivity contribution in [3.05, 3.63) is 33.9 Å². The Labute approximate surface area is 110 Å². The number of nitro groups is 1. The minimum absolute atomic E-state index is 0.130. The molecule has 1 aromatic rings. The van der Waals surface area contributed by atoms with E-state index in [9.17, 15) is 10.1 Å². The maximum Gasteiger partial charge on any atom is 0.272 e. The maximum atomic E-state index is 10.7. The van der Waals surface area contributed by atoms with Crippen LogP contribution in [0.25, 0.3) is 0 Å². The molecule has 0 fully saturated rings. The van der Waals surface area contributed by atoms with Gasteiger partial charge in [-0.2, -0.15) is 0 Å². The second kappa shape index (κ2) is 6.67. The van der Waals surface area contributed by atoms with Crippen molar-refractivity contribution in [2.75, 3.05) is 29.7 Å². The number of rotatable bonds is 6. The van der Waals surface area contributed by atoms with Gasteiger partial charge in [-0.3, -0.25) is 10.1 Å². The van der Waals surface area contributed by atoms with Crippen LogP contribution in [0.5, 0.6) is 0 Å². The zero-order chi connectivity index (χ0) is 12.8. The van der Waals surface area contributed by atoms with Gasteiger partial charge in [-0.25, -0.2) is 0 Å². The molecule has 94 valence electrons. The lowest BCUT2D eigenvalue weighted by molar-refractivity contribution is -0.385. The lowest BCUT2D eigenvalue weighted by Crippen LogP contribution is -2.27. The fourth-order valence-corrected chi connectivity index (χ4v) is 2.02. The highest BCUT2D eigenvalue weighted by Gasteiger charge is 2.13. The quantitative estimate of drug-likeness (QED) is 0.455. The average Bonchev–Trinajstić information content (AvgIpc) is 2.28. The van der Waals surface area contributed by atoms with Crippen LogP contribution >= 0.6 is 23.2 Å². The van der Waals surface area contributed by atoms with E-state index in [1.807, 2.05) is 4.90 Å². The molecule has 0 bridgehead atoms. The van der Waals surface area contributed by atoms with Crippen molar-refractivity contribution in [1.29, 1.82) is 0 Å². The van der Waals surface area contributed by atoms with E-state index in [1.54, 1.807) is 19.1 Å². The van der Waals surface area contributed by atoms with Crippen molar-refractivity contribution < 1.29 is 4.92 Å². The van der Waals surface area contributed by atoms with Crippen molar-refractivity contribution >= 4 is 34.6 Å². The Morgan fingerprint density at radius 2 is 1.88 bits per heavy atom. The first-order chi connectivity index (χ1) is 8.10. The Morgan fingerprint density at radius 3 is 2.29 bits per heavy atom. The SMILES string of the molecule is Cc1cc(N(CCCl)CCCl)ccc1[N+](=O)[O-]. The summed E-state index contributed by atoms with van der Waals surface area (Å²) >= 11 is 11.4. The van der Waals surface area contributed by atoms with Gasteiger partial charge in [-0.15, -0.1) is 23.2 Å². The van der Waals surface area contributed by atoms with Gasteiger partial charge >= 0.3 is 0 Å². The summed E-state index contributed by atoms with van der Waals surface area (Å²) in [6.07, 6.45) is 0. The number of benzene rings is 1. The van der Waals surface area contributed by atoms with Crippen LogP contribution in [0.15, 0.2) is 18.2 Å². The van der Waals surface area contributed by atoms with Crippen LogP contribution in [-0.4, -0.2) is 29.8 Å². The van der Waals surface area contributed by atoms with E-state index in [0.717, 1.165) is 5.69 Å². The zero-order valence-electron chi connectivity index (χ0n) is 9.53. The van der Waals surface area contributed by atoms with E-state index in [2.05, 4.69) is 0 Å². The fourth-order valence-electron chi connectivity index (χ4n) is 1.62. The molecule has 0 unspecified atom stereocenters. The van der Waals surface area contributed by atoms with Crippen LogP contribution in [0.4, 0.5) is 11.4 Å². The number of hydrogen-bond acceptors (Lipinski definition) is 3. The van der Waals surface area contributed by atoms with Crippen molar-refractivity contribution in [3.63, 3.8) is 0 Å². The van der Waals surface area contributed by atoms with Gasteiger partial charge in [0.15, 0.2) is 0 Å². The summed E-state index contributed by atoms with van der Waals surface area (Å²) in [4.78, 5) is 12.3. The predicted molar refractivity (Wildman–Crippen MR) is 71.5 cm³/mol. The molecule has 0 aromatic heterocycles. The van der Waals surface area contributed by atoms with Crippen LogP contribution in [-0.2, 0) is 0 Å². The van der Waals surface area contributed by atoms with Crippen molar-refractivity contribution in [1.82, 2.24) is 0 Å². The summed E-state index contributed by atoms with van der Waals surface area (Å²) in [6, 6.07) is 5.03. The van der Waals surface area contributed by atoms with Gasteiger partial charge in [0.05, 0.1) is 4.92 Å². The molecular formula is C11H14Cl2N2O2. The summed E-state index contributed by atoms with van der Waals surface area (Å²) in [5.41, 5.74) is 1.68. The third kappa shape index (κ3) is 3.75. The molecule has 0 saturated heterocycles. The fraction of sp³-hybridized carbons (Fsp3) is 0.455. The Morgan fingerprint density at radius 1 is 1.29 bits per heavy atom. The second-order valence-corrected chi connectivity index (χ2v) is 4.35. The minimum atomic E-state index is -0.382. The van der Waals surface area contributed by atoms with Gasteiger partial charge in [0.2, 0.25) is 0 Å². The van der Waals surface area contributed by atoms with E-state index in [-0.39, 0.29) is 10.6 Å². The molecule has 0 atom stereocenters. The molecule has 0 saturated carbocycles. The largest absolute Gasteiger partial charge is 0.369 e. The van der Waals surface area contributed by atoms with Crippen LogP contribution < -0.4 is 4.90 Å². The molecule has 0 aliphatic heterocycles. The molecule has 0 spiro atoms. The molecule has 17 heavy (non-hydrogen) atoms. The normalized spacial score (nSPS) is 10.3. The monoisotopic (exact) mass is 276 g/mol. The third-order valence-corrected chi connectivity index (χ3v) is 2.79. The van der Waals surface area contributed by atoms with E-state index in [0.29, 0.717) is 30.4 Å². The molecule has 0 N–H and O–H groups in total. The summed E-state index contributed by atoms with van der Waals surface area (Å²) in [7, 11) is 0. The molecule has 4 nitrogen and oxygen atoms in total. The lowest BCUT2D eigenvalue weighted by Gasteiger charge is -2.23. The molecule has 1 aromatic carbocycles. The summed E-state index contributed by atoms with van der Waals surface area (Å²) in [5, 5.41) is 10.7. The van der Waals surface area contributed by atoms with Gasteiger partial charge in [-0.05, 0) is 19.1 Å². The Balaban J connectivity index is 2.97. The predicted octanol–water partition coefficient (Wildman–Crippen LogP) is 3.19. The van der Waals surface area contributed by atoms with Gasteiger partial charge < -0.3 is 4.90 Å². The molecule has 0 radical (unpaired) electrons. The van der Waals surface area contributed by atoms with Gasteiger partial charge in [0, 0.05) is 42.2 Å². The van der Waals surface area contributed by atoms with Gasteiger partial charge in [0.1, 0.15) is 0 Å². The number of alkyl halides is 2. The number of hydrogen-bond donors (Lipinski definition) is 0. The molecule has 6 heteroatoms. The van der Waals surface area contributed by atoms with E-state index >= 15 is 0 Å². The molecule has 0 aliphatic rings. The number of nitrogens with zero attached hydrogens (tertiary/aromatic N) is 2. The minimum Gasteiger partial charge on any atom is -0.369 e. The highest BCUT2D eigenvalue weighted by atomic mass is 35.5. The molecular weight excluding hydrogens is 263 g/mol. The van der Waals surface area contributed by atoms with E-state index in [1.165, 1.54) is 6.07 Å². The Hall–Kier alpha value is -1.00. The molecule has 0 heterocycles. The Kier molecular flexibility index (Phi) is 5.51. The van der Waals surface area contributed by atoms with Crippen LogP contribution in [0.2, 0.25) is 0 Å². The van der Waals surface area contributed by atoms with Crippen molar-refractivity contribution in [2.24, 2.45) is 0 Å². The summed E-state index contributed by atoms with van der Waals surface area (Å²) < 4.78 is 0. The van der Waals surface area contributed by atoms with Crippen LogP contribution in [0.1, 0.15) is 5.56 Å².